The normalized spacial score (nSPS) is 9.42. The topological polar surface area (TPSA) is 38.3 Å². The van der Waals surface area contributed by atoms with Crippen LogP contribution >= 0.6 is 11.8 Å². The lowest BCUT2D eigenvalue weighted by Gasteiger charge is -2.01. The molecule has 0 unspecified atom stereocenters. The van der Waals surface area contributed by atoms with Gasteiger partial charge in [-0.3, -0.25) is 4.79 Å². The second-order valence-corrected chi connectivity index (χ2v) is 2.36. The highest BCUT2D eigenvalue weighted by molar-refractivity contribution is 6.14. The van der Waals surface area contributed by atoms with Gasteiger partial charge in [-0.15, -0.1) is 0 Å². The van der Waals surface area contributed by atoms with E-state index in [-0.39, 0.29) is 6.54 Å². The Balaban J connectivity index is 2.47. The highest BCUT2D eigenvalue weighted by Crippen LogP contribution is 2.07. The summed E-state index contributed by atoms with van der Waals surface area (Å²) in [5, 5.41) is 0. The van der Waals surface area contributed by atoms with Gasteiger partial charge in [0, 0.05) is 0 Å². The minimum Gasteiger partial charge on any atom is -0.426 e. The Bertz CT molecular complexity index is 250. The van der Waals surface area contributed by atoms with Crippen molar-refractivity contribution in [2.75, 3.05) is 6.54 Å². The molecular weight excluding hydrogens is 178 g/mol. The molecule has 1 rings (SSSR count). The fourth-order valence-corrected chi connectivity index (χ4v) is 0.820. The van der Waals surface area contributed by atoms with Crippen molar-refractivity contribution in [3.63, 3.8) is 0 Å². The number of rotatable bonds is 3. The van der Waals surface area contributed by atoms with E-state index in [1.807, 2.05) is 6.07 Å². The number of carbonyl (C=O) groups excluding carboxylic acids is 1. The smallest absolute Gasteiger partial charge is 0.326 e. The zero-order valence-electron chi connectivity index (χ0n) is 6.29. The number of hydrogen-bond donors (Lipinski definition) is 1. The van der Waals surface area contributed by atoms with Crippen molar-refractivity contribution in [2.45, 2.75) is 0 Å². The summed E-state index contributed by atoms with van der Waals surface area (Å²) in [6.45, 7) is -0.00352. The van der Waals surface area contributed by atoms with E-state index < -0.39 is 5.97 Å². The molecule has 0 spiro atoms. The van der Waals surface area contributed by atoms with Crippen LogP contribution in [-0.2, 0) is 4.79 Å². The van der Waals surface area contributed by atoms with E-state index in [2.05, 4.69) is 4.84 Å². The molecule has 1 N–H and O–H groups in total. The molecule has 0 aliphatic rings. The van der Waals surface area contributed by atoms with Crippen LogP contribution in [-0.4, -0.2) is 12.5 Å². The molecule has 0 aliphatic heterocycles. The third-order valence-electron chi connectivity index (χ3n) is 1.19. The van der Waals surface area contributed by atoms with Crippen molar-refractivity contribution in [1.29, 1.82) is 0 Å². The van der Waals surface area contributed by atoms with Crippen LogP contribution < -0.4 is 9.57 Å². The van der Waals surface area contributed by atoms with Gasteiger partial charge in [-0.2, -0.15) is 0 Å². The molecule has 3 nitrogen and oxygen atoms in total. The molecule has 1 aromatic rings. The van der Waals surface area contributed by atoms with Crippen molar-refractivity contribution in [3.05, 3.63) is 30.3 Å². The molecule has 4 heteroatoms. The molecule has 0 saturated carbocycles. The Morgan fingerprint density at radius 3 is 2.67 bits per heavy atom. The zero-order valence-corrected chi connectivity index (χ0v) is 7.04. The van der Waals surface area contributed by atoms with E-state index in [0.717, 1.165) is 0 Å². The summed E-state index contributed by atoms with van der Waals surface area (Å²) in [4.78, 5) is 13.0. The van der Waals surface area contributed by atoms with Crippen molar-refractivity contribution in [3.8, 4) is 5.75 Å². The zero-order chi connectivity index (χ0) is 8.81. The molecule has 0 atom stereocenters. The Hall–Kier alpha value is -1.06. The van der Waals surface area contributed by atoms with Crippen LogP contribution in [0.3, 0.4) is 0 Å². The maximum Gasteiger partial charge on any atom is 0.326 e. The Morgan fingerprint density at radius 1 is 1.42 bits per heavy atom. The maximum absolute atomic E-state index is 10.8. The Morgan fingerprint density at radius 2 is 2.08 bits per heavy atom. The quantitative estimate of drug-likeness (QED) is 0.439. The van der Waals surface area contributed by atoms with E-state index in [1.165, 1.54) is 0 Å². The fourth-order valence-electron chi connectivity index (χ4n) is 0.711. The first-order valence-corrected chi connectivity index (χ1v) is 3.80. The monoisotopic (exact) mass is 185 g/mol. The average Bonchev–Trinajstić information content (AvgIpc) is 2.06. The number of benzene rings is 1. The maximum atomic E-state index is 10.8. The number of carbonyl (C=O) groups is 1. The second-order valence-electron chi connectivity index (χ2n) is 2.10. The van der Waals surface area contributed by atoms with Crippen molar-refractivity contribution < 1.29 is 9.53 Å². The largest absolute Gasteiger partial charge is 0.426 e. The molecule has 0 heterocycles. The van der Waals surface area contributed by atoms with Crippen LogP contribution in [0, 0.1) is 0 Å². The first-order valence-electron chi connectivity index (χ1n) is 3.42. The van der Waals surface area contributed by atoms with Gasteiger partial charge in [0.15, 0.2) is 0 Å². The Kier molecular flexibility index (Phi) is 3.57. The molecular formula is C8H8ClNO2. The summed E-state index contributed by atoms with van der Waals surface area (Å²) >= 11 is 5.11. The SMILES string of the molecule is O=C(CNCl)Oc1ccccc1. The molecule has 0 bridgehead atoms. The minimum absolute atomic E-state index is 0.00352. The van der Waals surface area contributed by atoms with Crippen LogP contribution in [0.5, 0.6) is 5.75 Å². The summed E-state index contributed by atoms with van der Waals surface area (Å²) in [7, 11) is 0. The minimum atomic E-state index is -0.406. The third-order valence-corrected chi connectivity index (χ3v) is 1.32. The van der Waals surface area contributed by atoms with Gasteiger partial charge in [-0.25, -0.2) is 4.84 Å². The van der Waals surface area contributed by atoms with Crippen LogP contribution in [0.2, 0.25) is 0 Å². The lowest BCUT2D eigenvalue weighted by atomic mass is 10.3. The molecule has 1 aromatic carbocycles. The van der Waals surface area contributed by atoms with Crippen LogP contribution in [0.1, 0.15) is 0 Å². The van der Waals surface area contributed by atoms with Crippen LogP contribution in [0.25, 0.3) is 0 Å². The lowest BCUT2D eigenvalue weighted by Crippen LogP contribution is -2.19. The predicted molar refractivity (Wildman–Crippen MR) is 45.9 cm³/mol. The van der Waals surface area contributed by atoms with E-state index >= 15 is 0 Å². The number of hydrogen-bond acceptors (Lipinski definition) is 3. The number of ether oxygens (including phenoxy) is 1. The molecule has 12 heavy (non-hydrogen) atoms. The van der Waals surface area contributed by atoms with E-state index in [1.54, 1.807) is 24.3 Å². The van der Waals surface area contributed by atoms with E-state index in [9.17, 15) is 4.79 Å². The van der Waals surface area contributed by atoms with Crippen molar-refractivity contribution in [1.82, 2.24) is 4.84 Å². The molecule has 0 radical (unpaired) electrons. The summed E-state index contributed by atoms with van der Waals surface area (Å²) in [6.07, 6.45) is 0. The first-order chi connectivity index (χ1) is 5.83. The standard InChI is InChI=1S/C8H8ClNO2/c9-10-6-8(11)12-7-4-2-1-3-5-7/h1-5,10H,6H2. The van der Waals surface area contributed by atoms with Crippen molar-refractivity contribution >= 4 is 17.7 Å². The highest BCUT2D eigenvalue weighted by atomic mass is 35.5. The summed E-state index contributed by atoms with van der Waals surface area (Å²) in [6, 6.07) is 8.82. The third kappa shape index (κ3) is 2.90. The van der Waals surface area contributed by atoms with Gasteiger partial charge in [-0.05, 0) is 23.9 Å². The molecule has 0 aliphatic carbocycles. The van der Waals surface area contributed by atoms with Gasteiger partial charge in [0.1, 0.15) is 12.3 Å². The van der Waals surface area contributed by atoms with Gasteiger partial charge in [0.2, 0.25) is 0 Å². The first kappa shape index (κ1) is 9.03. The molecule has 0 amide bonds. The fraction of sp³-hybridized carbons (Fsp3) is 0.125. The summed E-state index contributed by atoms with van der Waals surface area (Å²) in [5.74, 6) is 0.116. The van der Waals surface area contributed by atoms with Gasteiger partial charge < -0.3 is 4.74 Å². The molecule has 0 saturated heterocycles. The second kappa shape index (κ2) is 4.74. The van der Waals surface area contributed by atoms with E-state index in [4.69, 9.17) is 16.5 Å². The van der Waals surface area contributed by atoms with Gasteiger partial charge >= 0.3 is 5.97 Å². The number of esters is 1. The number of nitrogens with one attached hydrogen (secondary N) is 1. The van der Waals surface area contributed by atoms with Gasteiger partial charge in [0.05, 0.1) is 0 Å². The number of halogens is 1. The Labute approximate surface area is 75.4 Å². The van der Waals surface area contributed by atoms with Crippen molar-refractivity contribution in [2.24, 2.45) is 0 Å². The van der Waals surface area contributed by atoms with Crippen LogP contribution in [0.4, 0.5) is 0 Å². The van der Waals surface area contributed by atoms with Gasteiger partial charge in [-0.1, -0.05) is 18.2 Å². The molecule has 0 fully saturated rings. The average molecular weight is 186 g/mol. The van der Waals surface area contributed by atoms with Gasteiger partial charge in [0.25, 0.3) is 0 Å². The molecule has 0 aromatic heterocycles. The van der Waals surface area contributed by atoms with Crippen LogP contribution in [0.15, 0.2) is 30.3 Å². The predicted octanol–water partition coefficient (Wildman–Crippen LogP) is 1.34. The molecule has 64 valence electrons. The summed E-state index contributed by atoms with van der Waals surface area (Å²) in [5.41, 5.74) is 0. The van der Waals surface area contributed by atoms with E-state index in [0.29, 0.717) is 5.75 Å². The number of para-hydroxylation sites is 1. The highest BCUT2D eigenvalue weighted by Gasteiger charge is 2.01. The summed E-state index contributed by atoms with van der Waals surface area (Å²) < 4.78 is 4.87. The lowest BCUT2D eigenvalue weighted by molar-refractivity contribution is -0.133.